The molecular weight excluding hydrogens is 537 g/mol. The smallest absolute Gasteiger partial charge is 0.335 e. The predicted molar refractivity (Wildman–Crippen MR) is 155 cm³/mol. The highest BCUT2D eigenvalue weighted by Crippen LogP contribution is 2.50. The number of hydrogen-bond acceptors (Lipinski definition) is 7. The lowest BCUT2D eigenvalue weighted by Gasteiger charge is -2.51. The van der Waals surface area contributed by atoms with Crippen molar-refractivity contribution in [1.29, 1.82) is 0 Å². The average molecular weight is 583 g/mol. The van der Waals surface area contributed by atoms with Gasteiger partial charge in [0.25, 0.3) is 5.56 Å². The third-order valence-corrected chi connectivity index (χ3v) is 18.6. The summed E-state index contributed by atoms with van der Waals surface area (Å²) in [5.41, 5.74) is 0.560. The van der Waals surface area contributed by atoms with Gasteiger partial charge in [0.05, 0.1) is 6.61 Å². The van der Waals surface area contributed by atoms with Crippen LogP contribution in [0.2, 0.25) is 41.8 Å². The van der Waals surface area contributed by atoms with Gasteiger partial charge in [-0.15, -0.1) is 5.54 Å². The number of rotatable bonds is 5. The summed E-state index contributed by atoms with van der Waals surface area (Å²) in [5, 5.41) is 12.4. The van der Waals surface area contributed by atoms with Gasteiger partial charge in [-0.3, -0.25) is 14.3 Å². The van der Waals surface area contributed by atoms with E-state index < -0.39 is 60.5 Å². The third-order valence-electron chi connectivity index (χ3n) is 7.52. The number of fused-ring (bicyclic) bond motifs is 1. The Balaban J connectivity index is 2.28. The first-order valence-corrected chi connectivity index (χ1v) is 21.1. The van der Waals surface area contributed by atoms with Crippen LogP contribution in [0.15, 0.2) is 21.9 Å². The quantitative estimate of drug-likeness (QED) is 0.399. The number of nitrogens with one attached hydrogen (secondary N) is 1. The van der Waals surface area contributed by atoms with Gasteiger partial charge < -0.3 is 22.8 Å². The number of aromatic nitrogens is 2. The monoisotopic (exact) mass is 582 g/mol. The van der Waals surface area contributed by atoms with E-state index in [1.54, 1.807) is 0 Å². The molecule has 0 spiro atoms. The maximum absolute atomic E-state index is 12.9. The molecule has 1 aromatic heterocycles. The molecule has 1 aromatic rings. The molecule has 38 heavy (non-hydrogen) atoms. The minimum atomic E-state index is -3.09. The van der Waals surface area contributed by atoms with E-state index in [2.05, 4.69) is 91.5 Å². The van der Waals surface area contributed by atoms with Gasteiger partial charge in [0.15, 0.2) is 11.8 Å². The first-order valence-electron chi connectivity index (χ1n) is 13.6. The van der Waals surface area contributed by atoms with Gasteiger partial charge in [0.2, 0.25) is 0 Å². The zero-order chi connectivity index (χ0) is 28.8. The summed E-state index contributed by atoms with van der Waals surface area (Å²) in [6.07, 6.45) is -1.48. The normalized spacial score (nSPS) is 29.2. The van der Waals surface area contributed by atoms with E-state index >= 15 is 0 Å². The van der Waals surface area contributed by atoms with Crippen LogP contribution in [0.4, 0.5) is 0 Å². The lowest BCUT2D eigenvalue weighted by molar-refractivity contribution is -0.0750. The summed E-state index contributed by atoms with van der Waals surface area (Å²) in [6, 6.07) is 1.23. The minimum absolute atomic E-state index is 0.0401. The van der Waals surface area contributed by atoms with E-state index in [1.165, 1.54) is 16.8 Å². The van der Waals surface area contributed by atoms with Crippen molar-refractivity contribution in [3.05, 3.63) is 33.1 Å². The molecule has 2 aliphatic rings. The van der Waals surface area contributed by atoms with Gasteiger partial charge >= 0.3 is 22.8 Å². The molecule has 3 rings (SSSR count). The lowest BCUT2D eigenvalue weighted by atomic mass is 9.95. The summed E-state index contributed by atoms with van der Waals surface area (Å²) in [4.78, 5) is 27.0. The molecule has 2 N–H and O–H groups in total. The first-order chi connectivity index (χ1) is 17.4. The summed E-state index contributed by atoms with van der Waals surface area (Å²) < 4.78 is 28.8. The molecule has 0 radical (unpaired) electrons. The van der Waals surface area contributed by atoms with E-state index in [9.17, 15) is 14.7 Å². The summed E-state index contributed by atoms with van der Waals surface area (Å²) in [7, 11) is -7.87. The molecule has 2 fully saturated rings. The fourth-order valence-corrected chi connectivity index (χ4v) is 17.3. The molecule has 0 amide bonds. The molecule has 4 atom stereocenters. The SMILES string of the molecule is CC(C)[Si]1(C(C)C)OC[C@H]2O[C@H](n3ccc(=O)[nH]c3=O)[C@@](O)(C#C[Si](C)(C)C)[C@@H]2O[Si](C(C)C)(C(C)C)O1. The van der Waals surface area contributed by atoms with Crippen LogP contribution in [0.3, 0.4) is 0 Å². The van der Waals surface area contributed by atoms with Gasteiger partial charge in [0.1, 0.15) is 20.3 Å². The van der Waals surface area contributed by atoms with E-state index in [4.69, 9.17) is 17.7 Å². The van der Waals surface area contributed by atoms with Crippen LogP contribution in [0, 0.1) is 11.5 Å². The van der Waals surface area contributed by atoms with E-state index in [-0.39, 0.29) is 28.8 Å². The Kier molecular flexibility index (Phi) is 8.98. The highest BCUT2D eigenvalue weighted by Gasteiger charge is 2.65. The maximum Gasteiger partial charge on any atom is 0.335 e. The standard InChI is InChI=1S/C26H46N2O7Si3/c1-17(2)37(18(3)4)32-16-21-23(34-38(35-37,19(5)6)20(7)8)26(31,13-15-36(9,10)11)24(33-21)28-14-12-22(29)27-25(28)30/h12,14,17-21,23-24,31H,16H2,1-11H3,(H,27,29,30)/t21-,23-,24+,26-/m1/s1. The topological polar surface area (TPSA) is 112 Å². The molecule has 12 heteroatoms. The number of ether oxygens (including phenoxy) is 1. The van der Waals surface area contributed by atoms with Gasteiger partial charge in [-0.2, -0.15) is 0 Å². The van der Waals surface area contributed by atoms with Gasteiger partial charge in [-0.05, 0) is 22.2 Å². The number of aromatic amines is 1. The molecule has 0 unspecified atom stereocenters. The van der Waals surface area contributed by atoms with Gasteiger partial charge in [0, 0.05) is 12.3 Å². The van der Waals surface area contributed by atoms with Crippen LogP contribution in [0.25, 0.3) is 0 Å². The fraction of sp³-hybridized carbons (Fsp3) is 0.769. The van der Waals surface area contributed by atoms with Crippen molar-refractivity contribution in [2.45, 2.75) is 121 Å². The molecule has 0 bridgehead atoms. The van der Waals surface area contributed by atoms with Crippen molar-refractivity contribution in [1.82, 2.24) is 9.55 Å². The van der Waals surface area contributed by atoms with E-state index in [0.29, 0.717) is 0 Å². The largest absolute Gasteiger partial charge is 0.414 e. The van der Waals surface area contributed by atoms with Crippen LogP contribution in [-0.2, 0) is 17.7 Å². The predicted octanol–water partition coefficient (Wildman–Crippen LogP) is 4.00. The number of H-pyrrole nitrogens is 1. The summed E-state index contributed by atoms with van der Waals surface area (Å²) >= 11 is 0. The maximum atomic E-state index is 12.9. The van der Waals surface area contributed by atoms with Crippen molar-refractivity contribution in [2.24, 2.45) is 0 Å². The van der Waals surface area contributed by atoms with Crippen molar-refractivity contribution < 1.29 is 22.8 Å². The Morgan fingerprint density at radius 1 is 1.03 bits per heavy atom. The summed E-state index contributed by atoms with van der Waals surface area (Å²) in [5.74, 6) is 3.11. The highest BCUT2D eigenvalue weighted by atomic mass is 28.5. The third kappa shape index (κ3) is 5.62. The average Bonchev–Trinajstić information content (AvgIpc) is 3.02. The second-order valence-corrected chi connectivity index (χ2v) is 26.5. The second kappa shape index (κ2) is 10.9. The Hall–Kier alpha value is -1.31. The molecule has 9 nitrogen and oxygen atoms in total. The Bertz CT molecular complexity index is 1160. The molecular formula is C26H46N2O7Si3. The molecule has 0 aliphatic carbocycles. The van der Waals surface area contributed by atoms with Crippen LogP contribution in [0.5, 0.6) is 0 Å². The van der Waals surface area contributed by atoms with Gasteiger partial charge in [-0.1, -0.05) is 81.0 Å². The number of hydrogen-bond donors (Lipinski definition) is 2. The fourth-order valence-electron chi connectivity index (χ4n) is 5.49. The van der Waals surface area contributed by atoms with Crippen molar-refractivity contribution >= 4 is 25.2 Å². The second-order valence-electron chi connectivity index (χ2n) is 12.9. The molecule has 0 saturated carbocycles. The molecule has 0 aromatic carbocycles. The minimum Gasteiger partial charge on any atom is -0.414 e. The zero-order valence-corrected chi connectivity index (χ0v) is 27.7. The van der Waals surface area contributed by atoms with Crippen LogP contribution < -0.4 is 11.2 Å². The van der Waals surface area contributed by atoms with Crippen molar-refractivity contribution in [3.8, 4) is 11.5 Å². The van der Waals surface area contributed by atoms with E-state index in [1.807, 2.05) is 0 Å². The van der Waals surface area contributed by atoms with Crippen LogP contribution >= 0.6 is 0 Å². The zero-order valence-electron chi connectivity index (χ0n) is 24.7. The number of aliphatic hydroxyl groups is 1. The molecule has 2 saturated heterocycles. The molecule has 3 heterocycles. The highest BCUT2D eigenvalue weighted by molar-refractivity contribution is 6.84. The Morgan fingerprint density at radius 2 is 1.58 bits per heavy atom. The van der Waals surface area contributed by atoms with Crippen molar-refractivity contribution in [2.75, 3.05) is 6.61 Å². The van der Waals surface area contributed by atoms with Crippen LogP contribution in [-0.4, -0.2) is 64.3 Å². The Morgan fingerprint density at radius 3 is 2.05 bits per heavy atom. The van der Waals surface area contributed by atoms with E-state index in [0.717, 1.165) is 0 Å². The first kappa shape index (κ1) is 31.2. The van der Waals surface area contributed by atoms with Crippen LogP contribution in [0.1, 0.15) is 61.6 Å². The molecule has 214 valence electrons. The molecule has 2 aliphatic heterocycles. The van der Waals surface area contributed by atoms with Crippen molar-refractivity contribution in [3.63, 3.8) is 0 Å². The summed E-state index contributed by atoms with van der Waals surface area (Å²) in [6.45, 7) is 23.4. The number of nitrogens with zero attached hydrogens (tertiary/aromatic N) is 1. The Labute approximate surface area is 229 Å². The lowest BCUT2D eigenvalue weighted by Crippen LogP contribution is -2.67. The van der Waals surface area contributed by atoms with Gasteiger partial charge in [-0.25, -0.2) is 4.79 Å².